The van der Waals surface area contributed by atoms with Crippen LogP contribution in [0.3, 0.4) is 0 Å². The predicted octanol–water partition coefficient (Wildman–Crippen LogP) is 6.32. The number of rotatable bonds is 4. The van der Waals surface area contributed by atoms with Gasteiger partial charge in [-0.15, -0.1) is 0 Å². The van der Waals surface area contributed by atoms with Gasteiger partial charge in [0.15, 0.2) is 5.16 Å². The van der Waals surface area contributed by atoms with Crippen molar-refractivity contribution in [1.82, 2.24) is 24.4 Å². The number of hydrogen-bond acceptors (Lipinski definition) is 6. The van der Waals surface area contributed by atoms with Crippen LogP contribution in [0, 0.1) is 0 Å². The topological polar surface area (TPSA) is 73.1 Å². The fourth-order valence-corrected chi connectivity index (χ4v) is 4.50. The Bertz CT molecular complexity index is 1210. The lowest BCUT2D eigenvalue weighted by molar-refractivity contribution is -0.137. The van der Waals surface area contributed by atoms with Gasteiger partial charge in [0.05, 0.1) is 29.0 Å². The van der Waals surface area contributed by atoms with Crippen LogP contribution in [0.15, 0.2) is 48.0 Å². The largest absolute Gasteiger partial charge is 0.444 e. The molecule has 192 valence electrons. The number of ether oxygens (including phenoxy) is 1. The number of carbonyl (C=O) groups excluding carboxylic acids is 1. The van der Waals surface area contributed by atoms with Crippen LogP contribution in [0.4, 0.5) is 18.0 Å². The number of nitrogens with zero attached hydrogens (tertiary/aromatic N) is 5. The fraction of sp³-hybridized carbons (Fsp3) is 0.440. The van der Waals surface area contributed by atoms with Crippen molar-refractivity contribution in [3.05, 3.63) is 48.4 Å². The van der Waals surface area contributed by atoms with Gasteiger partial charge in [0.2, 0.25) is 0 Å². The summed E-state index contributed by atoms with van der Waals surface area (Å²) >= 11 is 1.40. The minimum Gasteiger partial charge on any atom is -0.444 e. The molecule has 4 rings (SSSR count). The van der Waals surface area contributed by atoms with Crippen molar-refractivity contribution >= 4 is 17.9 Å². The Balaban J connectivity index is 1.67. The van der Waals surface area contributed by atoms with Gasteiger partial charge in [0.1, 0.15) is 5.60 Å². The number of hydrogen-bond donors (Lipinski definition) is 0. The van der Waals surface area contributed by atoms with Gasteiger partial charge in [-0.05, 0) is 58.1 Å². The Hall–Kier alpha value is -3.08. The first kappa shape index (κ1) is 26.0. The van der Waals surface area contributed by atoms with Crippen molar-refractivity contribution in [1.29, 1.82) is 0 Å². The maximum atomic E-state index is 13.1. The number of halogens is 3. The highest BCUT2D eigenvalue weighted by atomic mass is 32.2. The third-order valence-corrected chi connectivity index (χ3v) is 6.41. The molecule has 0 atom stereocenters. The average Bonchev–Trinajstić information content (AvgIpc) is 3.28. The van der Waals surface area contributed by atoms with Crippen LogP contribution in [0.25, 0.3) is 22.6 Å². The van der Waals surface area contributed by atoms with E-state index >= 15 is 0 Å². The molecule has 1 aliphatic rings. The molecule has 1 saturated heterocycles. The first-order valence-corrected chi connectivity index (χ1v) is 12.8. The zero-order valence-electron chi connectivity index (χ0n) is 20.5. The number of thioether (sulfide) groups is 1. The van der Waals surface area contributed by atoms with Crippen LogP contribution >= 0.6 is 11.8 Å². The Morgan fingerprint density at radius 3 is 2.31 bits per heavy atom. The van der Waals surface area contributed by atoms with Gasteiger partial charge in [-0.1, -0.05) is 23.9 Å². The second-order valence-electron chi connectivity index (χ2n) is 9.55. The summed E-state index contributed by atoms with van der Waals surface area (Å²) in [6.45, 7) is 6.55. The van der Waals surface area contributed by atoms with E-state index in [2.05, 4.69) is 15.0 Å². The SMILES string of the molecule is CSc1nccc(-c2c(-c3ccc(C(F)(F)F)cc3)ncn2C2CCN(C(=O)OC(C)(C)C)CC2)n1. The van der Waals surface area contributed by atoms with E-state index in [0.717, 1.165) is 12.1 Å². The summed E-state index contributed by atoms with van der Waals surface area (Å²) in [5, 5.41) is 0.582. The maximum Gasteiger partial charge on any atom is 0.416 e. The lowest BCUT2D eigenvalue weighted by Crippen LogP contribution is -2.42. The first-order chi connectivity index (χ1) is 17.0. The number of carbonyl (C=O) groups is 1. The summed E-state index contributed by atoms with van der Waals surface area (Å²) in [4.78, 5) is 27.7. The zero-order valence-corrected chi connectivity index (χ0v) is 21.4. The van der Waals surface area contributed by atoms with Gasteiger partial charge < -0.3 is 14.2 Å². The summed E-state index contributed by atoms with van der Waals surface area (Å²) in [7, 11) is 0. The first-order valence-electron chi connectivity index (χ1n) is 11.6. The summed E-state index contributed by atoms with van der Waals surface area (Å²) in [5.74, 6) is 0. The Morgan fingerprint density at radius 1 is 1.06 bits per heavy atom. The number of imidazole rings is 1. The molecule has 0 spiro atoms. The molecule has 0 aliphatic carbocycles. The molecule has 2 aromatic heterocycles. The lowest BCUT2D eigenvalue weighted by atomic mass is 10.0. The van der Waals surface area contributed by atoms with Crippen LogP contribution in [0.5, 0.6) is 0 Å². The van der Waals surface area contributed by atoms with Crippen molar-refractivity contribution in [3.63, 3.8) is 0 Å². The third-order valence-electron chi connectivity index (χ3n) is 5.85. The number of likely N-dealkylation sites (tertiary alicyclic amines) is 1. The highest BCUT2D eigenvalue weighted by Crippen LogP contribution is 2.37. The van der Waals surface area contributed by atoms with E-state index in [1.54, 1.807) is 23.5 Å². The lowest BCUT2D eigenvalue weighted by Gasteiger charge is -2.34. The molecule has 0 unspecified atom stereocenters. The average molecular weight is 520 g/mol. The minimum atomic E-state index is -4.41. The molecule has 1 aromatic carbocycles. The molecule has 3 heterocycles. The summed E-state index contributed by atoms with van der Waals surface area (Å²) in [6.07, 6.45) is 1.84. The van der Waals surface area contributed by atoms with Gasteiger partial charge in [0.25, 0.3) is 0 Å². The molecule has 3 aromatic rings. The van der Waals surface area contributed by atoms with Crippen LogP contribution in [-0.2, 0) is 10.9 Å². The van der Waals surface area contributed by atoms with E-state index in [-0.39, 0.29) is 12.1 Å². The standard InChI is InChI=1S/C25H28F3N5O2S/c1-24(2,3)35-23(34)32-13-10-18(11-14-32)33-15-30-20(16-5-7-17(8-6-16)25(26,27)28)21(33)19-9-12-29-22(31-19)36-4/h5-9,12,15,18H,10-11,13-14H2,1-4H3. The molecule has 0 N–H and O–H groups in total. The Morgan fingerprint density at radius 2 is 1.72 bits per heavy atom. The van der Waals surface area contributed by atoms with Gasteiger partial charge in [-0.25, -0.2) is 19.7 Å². The molecule has 1 amide bonds. The molecule has 11 heteroatoms. The van der Waals surface area contributed by atoms with Gasteiger partial charge in [-0.2, -0.15) is 13.2 Å². The molecule has 36 heavy (non-hydrogen) atoms. The Labute approximate surface area is 212 Å². The van der Waals surface area contributed by atoms with E-state index in [0.29, 0.717) is 53.7 Å². The molecule has 0 bridgehead atoms. The van der Waals surface area contributed by atoms with E-state index in [9.17, 15) is 18.0 Å². The highest BCUT2D eigenvalue weighted by molar-refractivity contribution is 7.98. The second kappa shape index (κ2) is 10.1. The van der Waals surface area contributed by atoms with E-state index in [1.165, 1.54) is 23.9 Å². The van der Waals surface area contributed by atoms with Gasteiger partial charge >= 0.3 is 12.3 Å². The van der Waals surface area contributed by atoms with Crippen LogP contribution in [-0.4, -0.2) is 55.5 Å². The molecule has 1 aliphatic heterocycles. The summed E-state index contributed by atoms with van der Waals surface area (Å²) < 4.78 is 46.8. The summed E-state index contributed by atoms with van der Waals surface area (Å²) in [6, 6.07) is 6.79. The van der Waals surface area contributed by atoms with Crippen molar-refractivity contribution < 1.29 is 22.7 Å². The number of benzene rings is 1. The molecule has 0 radical (unpaired) electrons. The Kier molecular flexibility index (Phi) is 7.31. The van der Waals surface area contributed by atoms with E-state index < -0.39 is 17.3 Å². The molecule has 0 saturated carbocycles. The molecular formula is C25H28F3N5O2S. The minimum absolute atomic E-state index is 0.0297. The van der Waals surface area contributed by atoms with Crippen molar-refractivity contribution in [2.24, 2.45) is 0 Å². The number of aromatic nitrogens is 4. The predicted molar refractivity (Wildman–Crippen MR) is 132 cm³/mol. The number of alkyl halides is 3. The van der Waals surface area contributed by atoms with Crippen LogP contribution in [0.1, 0.15) is 45.2 Å². The van der Waals surface area contributed by atoms with Crippen molar-refractivity contribution in [3.8, 4) is 22.6 Å². The van der Waals surface area contributed by atoms with Crippen LogP contribution < -0.4 is 0 Å². The maximum absolute atomic E-state index is 13.1. The summed E-state index contributed by atoms with van der Waals surface area (Å²) in [5.41, 5.74) is 1.17. The van der Waals surface area contributed by atoms with E-state index in [4.69, 9.17) is 4.74 Å². The number of amides is 1. The smallest absolute Gasteiger partial charge is 0.416 e. The van der Waals surface area contributed by atoms with Crippen LogP contribution in [0.2, 0.25) is 0 Å². The fourth-order valence-electron chi connectivity index (χ4n) is 4.14. The second-order valence-corrected chi connectivity index (χ2v) is 10.3. The third kappa shape index (κ3) is 5.83. The van der Waals surface area contributed by atoms with Gasteiger partial charge in [0, 0.05) is 30.9 Å². The number of piperidine rings is 1. The molecular weight excluding hydrogens is 491 g/mol. The van der Waals surface area contributed by atoms with Crippen molar-refractivity contribution in [2.75, 3.05) is 19.3 Å². The molecule has 7 nitrogen and oxygen atoms in total. The highest BCUT2D eigenvalue weighted by Gasteiger charge is 2.32. The normalized spacial score (nSPS) is 15.2. The van der Waals surface area contributed by atoms with Gasteiger partial charge in [-0.3, -0.25) is 0 Å². The zero-order chi connectivity index (χ0) is 26.1. The monoisotopic (exact) mass is 519 g/mol. The molecule has 1 fully saturated rings. The quantitative estimate of drug-likeness (QED) is 0.297. The van der Waals surface area contributed by atoms with Crippen molar-refractivity contribution in [2.45, 2.75) is 56.6 Å². The van der Waals surface area contributed by atoms with E-state index in [1.807, 2.05) is 31.6 Å².